The molecule has 0 aliphatic carbocycles. The van der Waals surface area contributed by atoms with Gasteiger partial charge in [0.1, 0.15) is 17.3 Å². The molecule has 152 valence electrons. The van der Waals surface area contributed by atoms with Crippen molar-refractivity contribution in [2.75, 3.05) is 17.7 Å². The van der Waals surface area contributed by atoms with Crippen LogP contribution < -0.4 is 15.4 Å². The van der Waals surface area contributed by atoms with E-state index in [1.807, 2.05) is 0 Å². The lowest BCUT2D eigenvalue weighted by Crippen LogP contribution is -2.15. The van der Waals surface area contributed by atoms with E-state index in [0.29, 0.717) is 33.5 Å². The van der Waals surface area contributed by atoms with Crippen molar-refractivity contribution in [3.8, 4) is 17.0 Å². The van der Waals surface area contributed by atoms with E-state index in [2.05, 4.69) is 15.6 Å². The molecule has 2 aromatic heterocycles. The van der Waals surface area contributed by atoms with Crippen LogP contribution in [0, 0.1) is 5.82 Å². The average Bonchev–Trinajstić information content (AvgIpc) is 3.29. The number of hydrogen-bond acceptors (Lipinski definition) is 5. The third kappa shape index (κ3) is 3.87. The molecule has 4 rings (SSSR count). The molecular weight excluding hydrogens is 407 g/mol. The first-order chi connectivity index (χ1) is 14.4. The lowest BCUT2D eigenvalue weighted by atomic mass is 10.2. The van der Waals surface area contributed by atoms with Crippen LogP contribution in [0.1, 0.15) is 17.4 Å². The van der Waals surface area contributed by atoms with E-state index < -0.39 is 0 Å². The van der Waals surface area contributed by atoms with Crippen molar-refractivity contribution >= 4 is 39.5 Å². The lowest BCUT2D eigenvalue weighted by molar-refractivity contribution is -0.114. The second-order valence-corrected chi connectivity index (χ2v) is 7.29. The summed E-state index contributed by atoms with van der Waals surface area (Å²) in [7, 11) is 1.50. The summed E-state index contributed by atoms with van der Waals surface area (Å²) in [6.07, 6.45) is 1.74. The van der Waals surface area contributed by atoms with E-state index in [4.69, 9.17) is 4.74 Å². The Morgan fingerprint density at radius 2 is 1.90 bits per heavy atom. The van der Waals surface area contributed by atoms with E-state index in [1.165, 1.54) is 37.5 Å². The first-order valence-electron chi connectivity index (χ1n) is 8.94. The molecule has 4 aromatic rings. The summed E-state index contributed by atoms with van der Waals surface area (Å²) in [5.74, 6) is -0.442. The van der Waals surface area contributed by atoms with Gasteiger partial charge in [-0.1, -0.05) is 0 Å². The standard InChI is InChI=1S/C21H17FN4O3S/c1-12(27)23-15-7-8-19(29-2)16(9-15)24-20(28)18-11-30-21-25-17(10-26(18)21)13-3-5-14(22)6-4-13/h3-11H,1-2H3,(H,23,27)(H,24,28). The minimum atomic E-state index is -0.359. The largest absolute Gasteiger partial charge is 0.495 e. The van der Waals surface area contributed by atoms with E-state index in [1.54, 1.807) is 46.3 Å². The Morgan fingerprint density at radius 3 is 2.60 bits per heavy atom. The maximum atomic E-state index is 13.2. The zero-order chi connectivity index (χ0) is 21.3. The van der Waals surface area contributed by atoms with Gasteiger partial charge >= 0.3 is 0 Å². The molecule has 2 amide bonds. The number of anilines is 2. The highest BCUT2D eigenvalue weighted by Crippen LogP contribution is 2.29. The number of imidazole rings is 1. The number of benzene rings is 2. The minimum absolute atomic E-state index is 0.219. The average molecular weight is 424 g/mol. The molecule has 2 N–H and O–H groups in total. The zero-order valence-corrected chi connectivity index (χ0v) is 16.9. The third-order valence-corrected chi connectivity index (χ3v) is 5.19. The Bertz CT molecular complexity index is 1250. The van der Waals surface area contributed by atoms with Crippen LogP contribution >= 0.6 is 11.3 Å². The van der Waals surface area contributed by atoms with Crippen molar-refractivity contribution in [1.29, 1.82) is 0 Å². The third-order valence-electron chi connectivity index (χ3n) is 4.35. The quantitative estimate of drug-likeness (QED) is 0.497. The number of ether oxygens (including phenoxy) is 1. The minimum Gasteiger partial charge on any atom is -0.495 e. The van der Waals surface area contributed by atoms with Gasteiger partial charge in [0, 0.05) is 29.8 Å². The molecular formula is C21H17FN4O3S. The summed E-state index contributed by atoms with van der Waals surface area (Å²) in [4.78, 5) is 29.4. The number of carbonyl (C=O) groups excluding carboxylic acids is 2. The molecule has 0 radical (unpaired) electrons. The molecule has 0 spiro atoms. The molecule has 0 fully saturated rings. The van der Waals surface area contributed by atoms with E-state index in [0.717, 1.165) is 5.56 Å². The molecule has 0 aliphatic heterocycles. The van der Waals surface area contributed by atoms with Crippen LogP contribution in [0.3, 0.4) is 0 Å². The molecule has 30 heavy (non-hydrogen) atoms. The first kappa shape index (κ1) is 19.6. The number of halogens is 1. The molecule has 9 heteroatoms. The second kappa shape index (κ2) is 7.96. The summed E-state index contributed by atoms with van der Waals surface area (Å²) in [6, 6.07) is 11.0. The fraction of sp³-hybridized carbons (Fsp3) is 0.0952. The number of rotatable bonds is 5. The maximum absolute atomic E-state index is 13.2. The summed E-state index contributed by atoms with van der Waals surface area (Å²) >= 11 is 1.32. The van der Waals surface area contributed by atoms with Gasteiger partial charge in [0.25, 0.3) is 5.91 Å². The van der Waals surface area contributed by atoms with Gasteiger partial charge in [-0.15, -0.1) is 11.3 Å². The van der Waals surface area contributed by atoms with Gasteiger partial charge in [-0.25, -0.2) is 9.37 Å². The Labute approximate surface area is 175 Å². The summed E-state index contributed by atoms with van der Waals surface area (Å²) in [5, 5.41) is 7.20. The van der Waals surface area contributed by atoms with Gasteiger partial charge in [0.15, 0.2) is 4.96 Å². The summed E-state index contributed by atoms with van der Waals surface area (Å²) < 4.78 is 20.2. The first-order valence-corrected chi connectivity index (χ1v) is 9.82. The summed E-state index contributed by atoms with van der Waals surface area (Å²) in [6.45, 7) is 1.41. The Hall–Kier alpha value is -3.72. The predicted molar refractivity (Wildman–Crippen MR) is 114 cm³/mol. The Morgan fingerprint density at radius 1 is 1.13 bits per heavy atom. The fourth-order valence-corrected chi connectivity index (χ4v) is 3.83. The van der Waals surface area contributed by atoms with Crippen molar-refractivity contribution in [1.82, 2.24) is 9.38 Å². The highest BCUT2D eigenvalue weighted by molar-refractivity contribution is 7.15. The number of hydrogen-bond donors (Lipinski definition) is 2. The van der Waals surface area contributed by atoms with Crippen molar-refractivity contribution in [3.05, 3.63) is 65.6 Å². The molecule has 2 heterocycles. The molecule has 0 saturated carbocycles. The Kier molecular flexibility index (Phi) is 5.20. The van der Waals surface area contributed by atoms with Gasteiger partial charge in [-0.3, -0.25) is 14.0 Å². The van der Waals surface area contributed by atoms with Crippen LogP contribution in [0.2, 0.25) is 0 Å². The number of nitrogens with zero attached hydrogens (tertiary/aromatic N) is 2. The van der Waals surface area contributed by atoms with Gasteiger partial charge in [-0.2, -0.15) is 0 Å². The van der Waals surface area contributed by atoms with Gasteiger partial charge < -0.3 is 15.4 Å². The van der Waals surface area contributed by atoms with Crippen molar-refractivity contribution in [2.45, 2.75) is 6.92 Å². The van der Waals surface area contributed by atoms with Crippen LogP contribution in [0.25, 0.3) is 16.2 Å². The number of thiazole rings is 1. The van der Waals surface area contributed by atoms with Crippen LogP contribution in [-0.2, 0) is 4.79 Å². The van der Waals surface area contributed by atoms with Gasteiger partial charge in [0.05, 0.1) is 18.5 Å². The monoisotopic (exact) mass is 424 g/mol. The maximum Gasteiger partial charge on any atom is 0.273 e. The topological polar surface area (TPSA) is 84.7 Å². The van der Waals surface area contributed by atoms with Crippen molar-refractivity contribution < 1.29 is 18.7 Å². The Balaban J connectivity index is 1.64. The van der Waals surface area contributed by atoms with Gasteiger partial charge in [0.2, 0.25) is 5.91 Å². The predicted octanol–water partition coefficient (Wildman–Crippen LogP) is 4.42. The van der Waals surface area contributed by atoms with Crippen LogP contribution in [0.15, 0.2) is 54.0 Å². The molecule has 0 bridgehead atoms. The zero-order valence-electron chi connectivity index (χ0n) is 16.1. The van der Waals surface area contributed by atoms with Crippen LogP contribution in [-0.4, -0.2) is 28.3 Å². The molecule has 0 atom stereocenters. The number of carbonyl (C=O) groups is 2. The smallest absolute Gasteiger partial charge is 0.273 e. The SMILES string of the molecule is COc1ccc(NC(C)=O)cc1NC(=O)c1csc2nc(-c3ccc(F)cc3)cn12. The molecule has 2 aromatic carbocycles. The fourth-order valence-electron chi connectivity index (χ4n) is 2.98. The molecule has 0 saturated heterocycles. The molecule has 0 aliphatic rings. The van der Waals surface area contributed by atoms with Crippen LogP contribution in [0.5, 0.6) is 5.75 Å². The number of nitrogens with one attached hydrogen (secondary N) is 2. The number of amides is 2. The second-order valence-electron chi connectivity index (χ2n) is 6.46. The lowest BCUT2D eigenvalue weighted by Gasteiger charge is -2.12. The molecule has 0 unspecified atom stereocenters. The highest BCUT2D eigenvalue weighted by atomic mass is 32.1. The normalized spacial score (nSPS) is 10.8. The number of aromatic nitrogens is 2. The van der Waals surface area contributed by atoms with Crippen LogP contribution in [0.4, 0.5) is 15.8 Å². The summed E-state index contributed by atoms with van der Waals surface area (Å²) in [5.41, 5.74) is 2.74. The van der Waals surface area contributed by atoms with Crippen molar-refractivity contribution in [3.63, 3.8) is 0 Å². The van der Waals surface area contributed by atoms with E-state index in [-0.39, 0.29) is 17.6 Å². The highest BCUT2D eigenvalue weighted by Gasteiger charge is 2.17. The number of fused-ring (bicyclic) bond motifs is 1. The molecule has 7 nitrogen and oxygen atoms in total. The van der Waals surface area contributed by atoms with Gasteiger partial charge in [-0.05, 0) is 42.5 Å². The van der Waals surface area contributed by atoms with Crippen molar-refractivity contribution in [2.24, 2.45) is 0 Å². The van der Waals surface area contributed by atoms with E-state index in [9.17, 15) is 14.0 Å². The number of methoxy groups -OCH3 is 1. The van der Waals surface area contributed by atoms with E-state index >= 15 is 0 Å².